The number of thioether (sulfide) groups is 1. The summed E-state index contributed by atoms with van der Waals surface area (Å²) in [5.41, 5.74) is 1.12. The van der Waals surface area contributed by atoms with Crippen molar-refractivity contribution in [3.05, 3.63) is 29.8 Å². The molecule has 80 valence electrons. The van der Waals surface area contributed by atoms with Crippen LogP contribution in [-0.4, -0.2) is 16.7 Å². The SMILES string of the molecule is CSC(CC#N)c1ccc(S(C)=O)cc1. The van der Waals surface area contributed by atoms with Crippen molar-refractivity contribution in [3.63, 3.8) is 0 Å². The summed E-state index contributed by atoms with van der Waals surface area (Å²) < 4.78 is 11.2. The summed E-state index contributed by atoms with van der Waals surface area (Å²) >= 11 is 1.66. The first-order valence-corrected chi connectivity index (χ1v) is 7.36. The molecular formula is C11H13NOS2. The fraction of sp³-hybridized carbons (Fsp3) is 0.364. The number of nitrogens with zero attached hydrogens (tertiary/aromatic N) is 1. The lowest BCUT2D eigenvalue weighted by molar-refractivity contribution is 0.687. The van der Waals surface area contributed by atoms with Gasteiger partial charge in [0.25, 0.3) is 0 Å². The fourth-order valence-corrected chi connectivity index (χ4v) is 2.48. The maximum atomic E-state index is 11.2. The summed E-state index contributed by atoms with van der Waals surface area (Å²) in [5.74, 6) is 0. The van der Waals surface area contributed by atoms with E-state index < -0.39 is 10.8 Å². The van der Waals surface area contributed by atoms with Crippen molar-refractivity contribution in [3.8, 4) is 6.07 Å². The molecule has 0 N–H and O–H groups in total. The van der Waals surface area contributed by atoms with E-state index in [1.807, 2.05) is 30.5 Å². The van der Waals surface area contributed by atoms with Crippen molar-refractivity contribution >= 4 is 22.6 Å². The monoisotopic (exact) mass is 239 g/mol. The molecule has 0 radical (unpaired) electrons. The molecule has 0 spiro atoms. The molecule has 4 heteroatoms. The lowest BCUT2D eigenvalue weighted by atomic mass is 10.1. The van der Waals surface area contributed by atoms with Gasteiger partial charge in [-0.1, -0.05) is 12.1 Å². The second-order valence-electron chi connectivity index (χ2n) is 3.11. The highest BCUT2D eigenvalue weighted by Gasteiger charge is 2.09. The van der Waals surface area contributed by atoms with Crippen molar-refractivity contribution in [2.24, 2.45) is 0 Å². The third kappa shape index (κ3) is 3.37. The van der Waals surface area contributed by atoms with Crippen LogP contribution in [0.15, 0.2) is 29.2 Å². The first kappa shape index (κ1) is 12.3. The van der Waals surface area contributed by atoms with Gasteiger partial charge < -0.3 is 0 Å². The van der Waals surface area contributed by atoms with Gasteiger partial charge in [-0.15, -0.1) is 0 Å². The minimum atomic E-state index is -0.928. The van der Waals surface area contributed by atoms with E-state index in [1.165, 1.54) is 0 Å². The van der Waals surface area contributed by atoms with Gasteiger partial charge in [0.05, 0.1) is 12.5 Å². The van der Waals surface area contributed by atoms with Gasteiger partial charge in [0.1, 0.15) is 0 Å². The largest absolute Gasteiger partial charge is 0.255 e. The maximum Gasteiger partial charge on any atom is 0.0636 e. The van der Waals surface area contributed by atoms with Crippen LogP contribution in [-0.2, 0) is 10.8 Å². The normalized spacial score (nSPS) is 14.2. The first-order valence-electron chi connectivity index (χ1n) is 4.52. The zero-order valence-corrected chi connectivity index (χ0v) is 10.4. The van der Waals surface area contributed by atoms with Crippen molar-refractivity contribution in [2.75, 3.05) is 12.5 Å². The van der Waals surface area contributed by atoms with Crippen LogP contribution in [0.1, 0.15) is 17.2 Å². The Morgan fingerprint density at radius 2 is 2.07 bits per heavy atom. The molecule has 2 nitrogen and oxygen atoms in total. The molecule has 0 aromatic heterocycles. The molecule has 0 bridgehead atoms. The summed E-state index contributed by atoms with van der Waals surface area (Å²) in [7, 11) is -0.928. The third-order valence-corrected chi connectivity index (χ3v) is 4.09. The van der Waals surface area contributed by atoms with E-state index in [0.29, 0.717) is 6.42 Å². The van der Waals surface area contributed by atoms with Crippen LogP contribution < -0.4 is 0 Å². The Labute approximate surface area is 97.1 Å². The number of hydrogen-bond donors (Lipinski definition) is 0. The Morgan fingerprint density at radius 1 is 1.47 bits per heavy atom. The van der Waals surface area contributed by atoms with Gasteiger partial charge in [0, 0.05) is 27.2 Å². The number of hydrogen-bond acceptors (Lipinski definition) is 3. The van der Waals surface area contributed by atoms with Gasteiger partial charge in [0.2, 0.25) is 0 Å². The van der Waals surface area contributed by atoms with E-state index >= 15 is 0 Å². The van der Waals surface area contributed by atoms with Gasteiger partial charge in [-0.2, -0.15) is 17.0 Å². The quantitative estimate of drug-likeness (QED) is 0.811. The number of nitriles is 1. The molecule has 1 aromatic carbocycles. The van der Waals surface area contributed by atoms with Crippen LogP contribution in [0, 0.1) is 11.3 Å². The molecule has 0 heterocycles. The van der Waals surface area contributed by atoms with Crippen LogP contribution in [0.5, 0.6) is 0 Å². The summed E-state index contributed by atoms with van der Waals surface area (Å²) in [6.07, 6.45) is 4.17. The standard InChI is InChI=1S/C11H13NOS2/c1-14-11(7-8-12)9-3-5-10(6-4-9)15(2)13/h3-6,11H,7H2,1-2H3. The lowest BCUT2D eigenvalue weighted by Crippen LogP contribution is -1.93. The Hall–Kier alpha value is -0.790. The zero-order chi connectivity index (χ0) is 11.3. The Balaban J connectivity index is 2.87. The van der Waals surface area contributed by atoms with E-state index in [-0.39, 0.29) is 5.25 Å². The number of rotatable bonds is 4. The van der Waals surface area contributed by atoms with E-state index in [1.54, 1.807) is 18.0 Å². The zero-order valence-electron chi connectivity index (χ0n) is 8.77. The summed E-state index contributed by atoms with van der Waals surface area (Å²) in [5, 5.41) is 8.88. The third-order valence-electron chi connectivity index (χ3n) is 2.15. The highest BCUT2D eigenvalue weighted by atomic mass is 32.2. The van der Waals surface area contributed by atoms with Crippen LogP contribution in [0.25, 0.3) is 0 Å². The van der Waals surface area contributed by atoms with Crippen molar-refractivity contribution in [1.82, 2.24) is 0 Å². The number of benzene rings is 1. The lowest BCUT2D eigenvalue weighted by Gasteiger charge is -2.10. The maximum absolute atomic E-state index is 11.2. The first-order chi connectivity index (χ1) is 7.19. The van der Waals surface area contributed by atoms with E-state index in [2.05, 4.69) is 6.07 Å². The summed E-state index contributed by atoms with van der Waals surface area (Å²) in [6.45, 7) is 0. The molecule has 0 saturated heterocycles. The van der Waals surface area contributed by atoms with Crippen LogP contribution in [0.4, 0.5) is 0 Å². The molecule has 0 amide bonds. The molecule has 2 atom stereocenters. The van der Waals surface area contributed by atoms with Gasteiger partial charge in [0.15, 0.2) is 0 Å². The predicted molar refractivity (Wildman–Crippen MR) is 65.3 cm³/mol. The Morgan fingerprint density at radius 3 is 2.47 bits per heavy atom. The van der Waals surface area contributed by atoms with Crippen LogP contribution in [0.2, 0.25) is 0 Å². The smallest absolute Gasteiger partial charge is 0.0636 e. The molecule has 2 unspecified atom stereocenters. The fourth-order valence-electron chi connectivity index (χ4n) is 1.29. The molecule has 0 aliphatic carbocycles. The van der Waals surface area contributed by atoms with Gasteiger partial charge in [-0.05, 0) is 24.0 Å². The molecule has 0 fully saturated rings. The average molecular weight is 239 g/mol. The average Bonchev–Trinajstić information content (AvgIpc) is 2.26. The van der Waals surface area contributed by atoms with Crippen molar-refractivity contribution in [2.45, 2.75) is 16.6 Å². The minimum absolute atomic E-state index is 0.217. The van der Waals surface area contributed by atoms with Crippen LogP contribution >= 0.6 is 11.8 Å². The second-order valence-corrected chi connectivity index (χ2v) is 5.53. The molecule has 1 aromatic rings. The molecule has 0 aliphatic heterocycles. The highest BCUT2D eigenvalue weighted by Crippen LogP contribution is 2.29. The summed E-state index contributed by atoms with van der Waals surface area (Å²) in [6, 6.07) is 9.82. The molecule has 0 aliphatic rings. The van der Waals surface area contributed by atoms with E-state index in [0.717, 1.165) is 10.5 Å². The Bertz CT molecular complexity index is 381. The molecule has 0 saturated carbocycles. The topological polar surface area (TPSA) is 40.9 Å². The predicted octanol–water partition coefficient (Wildman–Crippen LogP) is 2.74. The van der Waals surface area contributed by atoms with Gasteiger partial charge in [-0.3, -0.25) is 4.21 Å². The summed E-state index contributed by atoms with van der Waals surface area (Å²) in [4.78, 5) is 0.829. The van der Waals surface area contributed by atoms with Crippen molar-refractivity contribution in [1.29, 1.82) is 5.26 Å². The minimum Gasteiger partial charge on any atom is -0.255 e. The van der Waals surface area contributed by atoms with E-state index in [4.69, 9.17) is 5.26 Å². The molecular weight excluding hydrogens is 226 g/mol. The molecule has 15 heavy (non-hydrogen) atoms. The Kier molecular flexibility index (Phi) is 4.86. The van der Waals surface area contributed by atoms with Gasteiger partial charge >= 0.3 is 0 Å². The van der Waals surface area contributed by atoms with E-state index in [9.17, 15) is 4.21 Å². The van der Waals surface area contributed by atoms with Crippen molar-refractivity contribution < 1.29 is 4.21 Å². The van der Waals surface area contributed by atoms with Crippen LogP contribution in [0.3, 0.4) is 0 Å². The highest BCUT2D eigenvalue weighted by molar-refractivity contribution is 7.98. The molecule has 1 rings (SSSR count). The second kappa shape index (κ2) is 5.94. The van der Waals surface area contributed by atoms with Gasteiger partial charge in [-0.25, -0.2) is 0 Å².